The third kappa shape index (κ3) is 3.38. The maximum Gasteiger partial charge on any atom is 0.132 e. The Morgan fingerprint density at radius 1 is 1.25 bits per heavy atom. The first-order valence-electron chi connectivity index (χ1n) is 7.12. The summed E-state index contributed by atoms with van der Waals surface area (Å²) >= 11 is 6.30. The molecule has 0 amide bonds. The van der Waals surface area contributed by atoms with E-state index in [1.807, 2.05) is 24.5 Å². The van der Waals surface area contributed by atoms with Gasteiger partial charge in [0.1, 0.15) is 11.9 Å². The van der Waals surface area contributed by atoms with Gasteiger partial charge in [-0.1, -0.05) is 25.4 Å². The van der Waals surface area contributed by atoms with Crippen molar-refractivity contribution >= 4 is 11.6 Å². The van der Waals surface area contributed by atoms with Crippen molar-refractivity contribution in [3.8, 4) is 0 Å². The zero-order chi connectivity index (χ0) is 14.4. The van der Waals surface area contributed by atoms with Gasteiger partial charge in [-0.2, -0.15) is 0 Å². The van der Waals surface area contributed by atoms with Crippen LogP contribution in [0, 0.1) is 0 Å². The summed E-state index contributed by atoms with van der Waals surface area (Å²) < 4.78 is 2.17. The first-order chi connectivity index (χ1) is 9.77. The number of nitrogens with one attached hydrogen (secondary N) is 1. The molecule has 0 aliphatic carbocycles. The topological polar surface area (TPSA) is 42.7 Å². The largest absolute Gasteiger partial charge is 0.333 e. The minimum atomic E-state index is -0.0646. The molecule has 1 unspecified atom stereocenters. The van der Waals surface area contributed by atoms with Crippen molar-refractivity contribution in [2.75, 3.05) is 6.54 Å². The number of rotatable bonds is 7. The molecule has 1 atom stereocenters. The zero-order valence-corrected chi connectivity index (χ0v) is 12.8. The average Bonchev–Trinajstić information content (AvgIpc) is 2.90. The molecule has 2 heterocycles. The third-order valence-electron chi connectivity index (χ3n) is 3.13. The maximum absolute atomic E-state index is 6.30. The van der Waals surface area contributed by atoms with Crippen molar-refractivity contribution in [1.29, 1.82) is 0 Å². The van der Waals surface area contributed by atoms with Crippen LogP contribution in [0.4, 0.5) is 0 Å². The molecule has 4 nitrogen and oxygen atoms in total. The van der Waals surface area contributed by atoms with Crippen molar-refractivity contribution in [1.82, 2.24) is 19.9 Å². The lowest BCUT2D eigenvalue weighted by molar-refractivity contribution is 0.522. The first-order valence-corrected chi connectivity index (χ1v) is 7.50. The summed E-state index contributed by atoms with van der Waals surface area (Å²) in [5.41, 5.74) is 0.839. The van der Waals surface area contributed by atoms with Crippen LogP contribution in [-0.2, 0) is 6.54 Å². The fourth-order valence-corrected chi connectivity index (χ4v) is 2.45. The monoisotopic (exact) mass is 292 g/mol. The molecule has 2 aromatic heterocycles. The van der Waals surface area contributed by atoms with E-state index in [0.29, 0.717) is 5.02 Å². The standard InChI is InChI=1S/C15H21ClN4/c1-3-7-17-14(13-12(16)6-5-8-18-13)15-19-9-11-20(15)10-4-2/h5-6,8-9,11,14,17H,3-4,7,10H2,1-2H3. The molecular weight excluding hydrogens is 272 g/mol. The highest BCUT2D eigenvalue weighted by Crippen LogP contribution is 2.25. The van der Waals surface area contributed by atoms with Gasteiger partial charge in [0.25, 0.3) is 0 Å². The first kappa shape index (κ1) is 15.0. The third-order valence-corrected chi connectivity index (χ3v) is 3.45. The number of pyridine rings is 1. The molecule has 0 spiro atoms. The van der Waals surface area contributed by atoms with Crippen molar-refractivity contribution in [3.63, 3.8) is 0 Å². The molecule has 0 aliphatic rings. The van der Waals surface area contributed by atoms with Gasteiger partial charge < -0.3 is 9.88 Å². The van der Waals surface area contributed by atoms with Gasteiger partial charge in [0.15, 0.2) is 0 Å². The molecule has 5 heteroatoms. The average molecular weight is 293 g/mol. The summed E-state index contributed by atoms with van der Waals surface area (Å²) in [6.45, 7) is 6.15. The van der Waals surface area contributed by atoms with Crippen LogP contribution in [-0.4, -0.2) is 21.1 Å². The number of halogens is 1. The molecule has 108 valence electrons. The highest BCUT2D eigenvalue weighted by Gasteiger charge is 2.21. The smallest absolute Gasteiger partial charge is 0.132 e. The highest BCUT2D eigenvalue weighted by molar-refractivity contribution is 6.31. The fourth-order valence-electron chi connectivity index (χ4n) is 2.22. The van der Waals surface area contributed by atoms with Crippen molar-refractivity contribution in [2.24, 2.45) is 0 Å². The number of hydrogen-bond donors (Lipinski definition) is 1. The Morgan fingerprint density at radius 2 is 2.10 bits per heavy atom. The molecule has 0 aliphatic heterocycles. The van der Waals surface area contributed by atoms with E-state index in [0.717, 1.165) is 37.4 Å². The Morgan fingerprint density at radius 3 is 2.80 bits per heavy atom. The summed E-state index contributed by atoms with van der Waals surface area (Å²) in [6.07, 6.45) is 7.74. The van der Waals surface area contributed by atoms with E-state index in [2.05, 4.69) is 33.7 Å². The minimum absolute atomic E-state index is 0.0646. The Hall–Kier alpha value is -1.39. The van der Waals surface area contributed by atoms with Crippen LogP contribution in [0.3, 0.4) is 0 Å². The van der Waals surface area contributed by atoms with Gasteiger partial charge in [-0.25, -0.2) is 4.98 Å². The molecule has 2 rings (SSSR count). The van der Waals surface area contributed by atoms with E-state index in [1.54, 1.807) is 6.20 Å². The Balaban J connectivity index is 2.37. The van der Waals surface area contributed by atoms with E-state index in [1.165, 1.54) is 0 Å². The van der Waals surface area contributed by atoms with Crippen molar-refractivity contribution in [3.05, 3.63) is 47.3 Å². The van der Waals surface area contributed by atoms with Gasteiger partial charge in [-0.3, -0.25) is 4.98 Å². The summed E-state index contributed by atoms with van der Waals surface area (Å²) in [6, 6.07) is 3.66. The number of imidazole rings is 1. The SMILES string of the molecule is CCCNC(c1ncccc1Cl)c1nccn1CCC. The van der Waals surface area contributed by atoms with Crippen LogP contribution >= 0.6 is 11.6 Å². The Kier molecular flexibility index (Phi) is 5.56. The Bertz CT molecular complexity index is 538. The molecule has 0 radical (unpaired) electrons. The number of aryl methyl sites for hydroxylation is 1. The fraction of sp³-hybridized carbons (Fsp3) is 0.467. The molecule has 20 heavy (non-hydrogen) atoms. The predicted octanol–water partition coefficient (Wildman–Crippen LogP) is 3.43. The van der Waals surface area contributed by atoms with Gasteiger partial charge >= 0.3 is 0 Å². The van der Waals surface area contributed by atoms with Gasteiger partial charge in [-0.05, 0) is 31.5 Å². The van der Waals surface area contributed by atoms with E-state index in [-0.39, 0.29) is 6.04 Å². The molecule has 1 N–H and O–H groups in total. The van der Waals surface area contributed by atoms with Crippen LogP contribution in [0.5, 0.6) is 0 Å². The highest BCUT2D eigenvalue weighted by atomic mass is 35.5. The summed E-state index contributed by atoms with van der Waals surface area (Å²) in [4.78, 5) is 8.95. The second-order valence-corrected chi connectivity index (χ2v) is 5.14. The molecule has 0 aromatic carbocycles. The predicted molar refractivity (Wildman–Crippen MR) is 81.9 cm³/mol. The number of nitrogens with zero attached hydrogens (tertiary/aromatic N) is 3. The lowest BCUT2D eigenvalue weighted by Gasteiger charge is -2.20. The van der Waals surface area contributed by atoms with E-state index in [9.17, 15) is 0 Å². The van der Waals surface area contributed by atoms with E-state index < -0.39 is 0 Å². The lowest BCUT2D eigenvalue weighted by atomic mass is 10.1. The summed E-state index contributed by atoms with van der Waals surface area (Å²) in [7, 11) is 0. The van der Waals surface area contributed by atoms with Crippen LogP contribution < -0.4 is 5.32 Å². The molecule has 0 bridgehead atoms. The normalized spacial score (nSPS) is 12.6. The molecule has 0 saturated heterocycles. The summed E-state index contributed by atoms with van der Waals surface area (Å²) in [5, 5.41) is 4.17. The number of hydrogen-bond acceptors (Lipinski definition) is 3. The van der Waals surface area contributed by atoms with E-state index >= 15 is 0 Å². The zero-order valence-electron chi connectivity index (χ0n) is 12.0. The van der Waals surface area contributed by atoms with E-state index in [4.69, 9.17) is 11.6 Å². The molecular formula is C15H21ClN4. The second kappa shape index (κ2) is 7.41. The lowest BCUT2D eigenvalue weighted by Crippen LogP contribution is -2.27. The Labute approximate surface area is 125 Å². The van der Waals surface area contributed by atoms with Crippen LogP contribution in [0.25, 0.3) is 0 Å². The quantitative estimate of drug-likeness (QED) is 0.850. The second-order valence-electron chi connectivity index (χ2n) is 4.74. The molecule has 0 fully saturated rings. The van der Waals surface area contributed by atoms with Gasteiger partial charge in [-0.15, -0.1) is 0 Å². The molecule has 2 aromatic rings. The van der Waals surface area contributed by atoms with Gasteiger partial charge in [0, 0.05) is 25.1 Å². The maximum atomic E-state index is 6.30. The van der Waals surface area contributed by atoms with Gasteiger partial charge in [0.05, 0.1) is 10.7 Å². The number of aromatic nitrogens is 3. The van der Waals surface area contributed by atoms with Crippen LogP contribution in [0.1, 0.15) is 44.2 Å². The molecule has 0 saturated carbocycles. The van der Waals surface area contributed by atoms with Gasteiger partial charge in [0.2, 0.25) is 0 Å². The van der Waals surface area contributed by atoms with Crippen LogP contribution in [0.15, 0.2) is 30.7 Å². The van der Waals surface area contributed by atoms with Crippen LogP contribution in [0.2, 0.25) is 5.02 Å². The van der Waals surface area contributed by atoms with Crippen molar-refractivity contribution in [2.45, 2.75) is 39.3 Å². The summed E-state index contributed by atoms with van der Waals surface area (Å²) in [5.74, 6) is 0.973. The minimum Gasteiger partial charge on any atom is -0.333 e. The van der Waals surface area contributed by atoms with Crippen molar-refractivity contribution < 1.29 is 0 Å².